The molecule has 1 fully saturated rings. The first kappa shape index (κ1) is 19.0. The molecule has 142 valence electrons. The number of hydrogen-bond acceptors (Lipinski definition) is 5. The molecular formula is C19H19F3N4O. The molecule has 1 heterocycles. The van der Waals surface area contributed by atoms with Gasteiger partial charge in [0.25, 0.3) is 0 Å². The molecule has 3 N–H and O–H groups in total. The smallest absolute Gasteiger partial charge is 0.416 e. The lowest BCUT2D eigenvalue weighted by molar-refractivity contribution is -0.137. The zero-order chi connectivity index (χ0) is 19.6. The van der Waals surface area contributed by atoms with Crippen LogP contribution in [0.5, 0.6) is 5.75 Å². The van der Waals surface area contributed by atoms with Crippen molar-refractivity contribution in [2.75, 3.05) is 5.73 Å². The van der Waals surface area contributed by atoms with E-state index in [0.717, 1.165) is 56.7 Å². The highest BCUT2D eigenvalue weighted by atomic mass is 19.4. The zero-order valence-electron chi connectivity index (χ0n) is 14.6. The molecule has 0 aliphatic heterocycles. The second kappa shape index (κ2) is 7.43. The lowest BCUT2D eigenvalue weighted by Gasteiger charge is -2.17. The molecule has 0 radical (unpaired) electrons. The molecule has 3 rings (SSSR count). The summed E-state index contributed by atoms with van der Waals surface area (Å²) in [6.07, 6.45) is 1.27. The monoisotopic (exact) mass is 376 g/mol. The average molecular weight is 376 g/mol. The third kappa shape index (κ3) is 3.97. The van der Waals surface area contributed by atoms with Gasteiger partial charge in [0.15, 0.2) is 5.82 Å². The Bertz CT molecular complexity index is 882. The van der Waals surface area contributed by atoms with Crippen molar-refractivity contribution in [1.29, 1.82) is 5.26 Å². The predicted octanol–water partition coefficient (Wildman–Crippen LogP) is 4.76. The van der Waals surface area contributed by atoms with Crippen LogP contribution in [0.1, 0.15) is 61.3 Å². The predicted molar refractivity (Wildman–Crippen MR) is 93.7 cm³/mol. The lowest BCUT2D eigenvalue weighted by atomic mass is 9.93. The van der Waals surface area contributed by atoms with Crippen LogP contribution >= 0.6 is 0 Å². The van der Waals surface area contributed by atoms with Crippen molar-refractivity contribution < 1.29 is 18.3 Å². The number of nitrogens with two attached hydrogens (primary N) is 1. The molecule has 0 spiro atoms. The summed E-state index contributed by atoms with van der Waals surface area (Å²) >= 11 is 0. The van der Waals surface area contributed by atoms with Crippen LogP contribution in [-0.4, -0.2) is 15.1 Å². The molecule has 1 aromatic carbocycles. The summed E-state index contributed by atoms with van der Waals surface area (Å²) in [6.45, 7) is 0. The summed E-state index contributed by atoms with van der Waals surface area (Å²) in [5.41, 5.74) is 5.46. The van der Waals surface area contributed by atoms with Gasteiger partial charge in [-0.05, 0) is 31.0 Å². The van der Waals surface area contributed by atoms with Gasteiger partial charge in [0.05, 0.1) is 16.8 Å². The Morgan fingerprint density at radius 2 is 1.78 bits per heavy atom. The Kier molecular flexibility index (Phi) is 5.22. The van der Waals surface area contributed by atoms with Crippen LogP contribution in [0.25, 0.3) is 11.4 Å². The number of nitrogens with zero attached hydrogens (tertiary/aromatic N) is 3. The van der Waals surface area contributed by atoms with Crippen molar-refractivity contribution in [2.45, 2.75) is 50.6 Å². The van der Waals surface area contributed by atoms with Crippen molar-refractivity contribution in [2.24, 2.45) is 0 Å². The summed E-state index contributed by atoms with van der Waals surface area (Å²) in [4.78, 5) is 8.38. The van der Waals surface area contributed by atoms with Gasteiger partial charge in [-0.3, -0.25) is 0 Å². The maximum atomic E-state index is 13.0. The standard InChI is InChI=1S/C19H19F3N4O/c20-19(21,22)12-7-8-15(27)13(9-12)18-25-16(14(10-23)17(24)26-18)11-5-3-1-2-4-6-11/h7-9,11,27H,1-6H2,(H2,24,25,26). The van der Waals surface area contributed by atoms with E-state index in [1.807, 2.05) is 6.07 Å². The van der Waals surface area contributed by atoms with Gasteiger partial charge in [0, 0.05) is 5.92 Å². The van der Waals surface area contributed by atoms with Crippen LogP contribution in [0, 0.1) is 11.3 Å². The van der Waals surface area contributed by atoms with E-state index < -0.39 is 11.7 Å². The Balaban J connectivity index is 2.14. The Hall–Kier alpha value is -2.82. The summed E-state index contributed by atoms with van der Waals surface area (Å²) in [5.74, 6) is -0.564. The first-order chi connectivity index (χ1) is 12.8. The first-order valence-electron chi connectivity index (χ1n) is 8.79. The minimum absolute atomic E-state index is 0.000795. The second-order valence-corrected chi connectivity index (χ2v) is 6.72. The molecule has 27 heavy (non-hydrogen) atoms. The molecule has 0 saturated heterocycles. The molecule has 0 amide bonds. The number of rotatable bonds is 2. The lowest BCUT2D eigenvalue weighted by Crippen LogP contribution is -2.11. The number of nitrogen functional groups attached to an aromatic ring is 1. The van der Waals surface area contributed by atoms with Gasteiger partial charge >= 0.3 is 6.18 Å². The van der Waals surface area contributed by atoms with E-state index in [-0.39, 0.29) is 34.4 Å². The molecule has 1 saturated carbocycles. The maximum absolute atomic E-state index is 13.0. The fourth-order valence-corrected chi connectivity index (χ4v) is 3.47. The molecule has 1 aliphatic carbocycles. The third-order valence-electron chi connectivity index (χ3n) is 4.88. The fraction of sp³-hybridized carbons (Fsp3) is 0.421. The maximum Gasteiger partial charge on any atom is 0.416 e. The number of halogens is 3. The van der Waals surface area contributed by atoms with Crippen LogP contribution in [-0.2, 0) is 6.18 Å². The fourth-order valence-electron chi connectivity index (χ4n) is 3.47. The van der Waals surface area contributed by atoms with E-state index in [1.54, 1.807) is 0 Å². The quantitative estimate of drug-likeness (QED) is 0.737. The molecule has 0 atom stereocenters. The number of aromatic nitrogens is 2. The molecule has 8 heteroatoms. The average Bonchev–Trinajstić information content (AvgIpc) is 2.89. The van der Waals surface area contributed by atoms with E-state index in [2.05, 4.69) is 9.97 Å². The largest absolute Gasteiger partial charge is 0.507 e. The zero-order valence-corrected chi connectivity index (χ0v) is 14.6. The van der Waals surface area contributed by atoms with Crippen molar-refractivity contribution in [3.05, 3.63) is 35.0 Å². The number of benzene rings is 1. The Morgan fingerprint density at radius 3 is 2.37 bits per heavy atom. The highest BCUT2D eigenvalue weighted by molar-refractivity contribution is 5.68. The number of hydrogen-bond donors (Lipinski definition) is 2. The summed E-state index contributed by atoms with van der Waals surface area (Å²) in [5, 5.41) is 19.5. The normalized spacial score (nSPS) is 15.9. The van der Waals surface area contributed by atoms with Crippen LogP contribution in [0.4, 0.5) is 19.0 Å². The number of phenols is 1. The van der Waals surface area contributed by atoms with E-state index in [0.29, 0.717) is 5.69 Å². The van der Waals surface area contributed by atoms with E-state index >= 15 is 0 Å². The summed E-state index contributed by atoms with van der Waals surface area (Å²) < 4.78 is 39.1. The van der Waals surface area contributed by atoms with Gasteiger partial charge in [-0.15, -0.1) is 0 Å². The number of phenolic OH excluding ortho intramolecular Hbond substituents is 1. The van der Waals surface area contributed by atoms with Gasteiger partial charge < -0.3 is 10.8 Å². The van der Waals surface area contributed by atoms with Crippen molar-refractivity contribution in [1.82, 2.24) is 9.97 Å². The van der Waals surface area contributed by atoms with E-state index in [9.17, 15) is 23.5 Å². The van der Waals surface area contributed by atoms with Crippen LogP contribution in [0.2, 0.25) is 0 Å². The van der Waals surface area contributed by atoms with Gasteiger partial charge in [-0.2, -0.15) is 18.4 Å². The molecule has 5 nitrogen and oxygen atoms in total. The van der Waals surface area contributed by atoms with Crippen molar-refractivity contribution in [3.8, 4) is 23.2 Å². The number of aromatic hydroxyl groups is 1. The number of nitriles is 1. The van der Waals surface area contributed by atoms with Crippen LogP contribution in [0.15, 0.2) is 18.2 Å². The highest BCUT2D eigenvalue weighted by Gasteiger charge is 2.32. The SMILES string of the molecule is N#Cc1c(N)nc(-c2cc(C(F)(F)F)ccc2O)nc1C1CCCCCC1. The number of alkyl halides is 3. The highest BCUT2D eigenvalue weighted by Crippen LogP contribution is 2.38. The second-order valence-electron chi connectivity index (χ2n) is 6.72. The van der Waals surface area contributed by atoms with Crippen molar-refractivity contribution in [3.63, 3.8) is 0 Å². The molecular weight excluding hydrogens is 357 g/mol. The number of anilines is 1. The van der Waals surface area contributed by atoms with Gasteiger partial charge in [0.2, 0.25) is 0 Å². The minimum Gasteiger partial charge on any atom is -0.507 e. The van der Waals surface area contributed by atoms with Gasteiger partial charge in [-0.25, -0.2) is 9.97 Å². The third-order valence-corrected chi connectivity index (χ3v) is 4.88. The molecule has 0 unspecified atom stereocenters. The van der Waals surface area contributed by atoms with E-state index in [1.165, 1.54) is 0 Å². The van der Waals surface area contributed by atoms with Gasteiger partial charge in [0.1, 0.15) is 23.2 Å². The molecule has 2 aromatic rings. The van der Waals surface area contributed by atoms with Crippen LogP contribution in [0.3, 0.4) is 0 Å². The van der Waals surface area contributed by atoms with Crippen LogP contribution < -0.4 is 5.73 Å². The molecule has 0 bridgehead atoms. The van der Waals surface area contributed by atoms with Gasteiger partial charge in [-0.1, -0.05) is 25.7 Å². The molecule has 1 aromatic heterocycles. The topological polar surface area (TPSA) is 95.8 Å². The summed E-state index contributed by atoms with van der Waals surface area (Å²) in [6, 6.07) is 4.57. The Morgan fingerprint density at radius 1 is 1.11 bits per heavy atom. The van der Waals surface area contributed by atoms with E-state index in [4.69, 9.17) is 5.73 Å². The first-order valence-corrected chi connectivity index (χ1v) is 8.79. The minimum atomic E-state index is -4.56. The summed E-state index contributed by atoms with van der Waals surface area (Å²) in [7, 11) is 0. The van der Waals surface area contributed by atoms with Crippen molar-refractivity contribution >= 4 is 5.82 Å². The molecule has 1 aliphatic rings. The Labute approximate surface area is 154 Å².